The van der Waals surface area contributed by atoms with Gasteiger partial charge >= 0.3 is 0 Å². The fourth-order valence-corrected chi connectivity index (χ4v) is 1.59. The van der Waals surface area contributed by atoms with E-state index in [1.54, 1.807) is 11.3 Å². The van der Waals surface area contributed by atoms with Gasteiger partial charge in [-0.3, -0.25) is 0 Å². The zero-order valence-corrected chi connectivity index (χ0v) is 5.61. The number of hydrogen-bond donors (Lipinski definition) is 0. The molecule has 0 saturated carbocycles. The Morgan fingerprint density at radius 2 is 2.56 bits per heavy atom. The van der Waals surface area contributed by atoms with E-state index in [2.05, 4.69) is 6.07 Å². The molecule has 1 aromatic rings. The fourth-order valence-electron chi connectivity index (χ4n) is 0.827. The molecule has 0 spiro atoms. The van der Waals surface area contributed by atoms with E-state index in [1.807, 2.05) is 5.38 Å². The summed E-state index contributed by atoms with van der Waals surface area (Å²) in [4.78, 5) is 9.65. The van der Waals surface area contributed by atoms with Gasteiger partial charge < -0.3 is 4.89 Å². The summed E-state index contributed by atoms with van der Waals surface area (Å²) in [7, 11) is 0. The summed E-state index contributed by atoms with van der Waals surface area (Å²) in [5, 5.41) is 2.93. The van der Waals surface area contributed by atoms with Crippen molar-refractivity contribution in [1.82, 2.24) is 0 Å². The zero-order valence-electron chi connectivity index (χ0n) is 4.79. The van der Waals surface area contributed by atoms with E-state index in [-0.39, 0.29) is 0 Å². The van der Waals surface area contributed by atoms with E-state index in [0.717, 1.165) is 11.5 Å². The van der Waals surface area contributed by atoms with E-state index in [9.17, 15) is 0 Å². The maximum atomic E-state index is 4.88. The lowest BCUT2D eigenvalue weighted by Gasteiger charge is -2.09. The standard InChI is InChI=1S/C6H6O2S/c1-3-7-8-6-5(1)2-4-9-6/h2,4H,1,3H2. The Hall–Kier alpha value is -0.540. The van der Waals surface area contributed by atoms with Crippen LogP contribution in [0.4, 0.5) is 0 Å². The molecular weight excluding hydrogens is 136 g/mol. The molecule has 9 heavy (non-hydrogen) atoms. The van der Waals surface area contributed by atoms with Crippen LogP contribution < -0.4 is 4.89 Å². The molecular formula is C6H6O2S. The number of rotatable bonds is 0. The molecule has 0 amide bonds. The molecule has 2 heterocycles. The molecule has 0 aliphatic carbocycles. The van der Waals surface area contributed by atoms with Crippen LogP contribution in [0.15, 0.2) is 11.4 Å². The predicted octanol–water partition coefficient (Wildman–Crippen LogP) is 1.61. The number of hydrogen-bond acceptors (Lipinski definition) is 3. The Bertz CT molecular complexity index is 186. The molecule has 0 aromatic carbocycles. The van der Waals surface area contributed by atoms with Crippen LogP contribution in [0.1, 0.15) is 5.56 Å². The Kier molecular flexibility index (Phi) is 1.17. The summed E-state index contributed by atoms with van der Waals surface area (Å²) in [5.41, 5.74) is 1.27. The lowest BCUT2D eigenvalue weighted by Crippen LogP contribution is -2.07. The second-order valence-corrected chi connectivity index (χ2v) is 2.77. The second-order valence-electron chi connectivity index (χ2n) is 1.89. The van der Waals surface area contributed by atoms with Crippen molar-refractivity contribution in [3.8, 4) is 5.06 Å². The summed E-state index contributed by atoms with van der Waals surface area (Å²) in [6.45, 7) is 0.684. The molecule has 1 aliphatic heterocycles. The maximum absolute atomic E-state index is 4.88. The fraction of sp³-hybridized carbons (Fsp3) is 0.333. The van der Waals surface area contributed by atoms with Crippen molar-refractivity contribution < 1.29 is 9.78 Å². The first-order chi connectivity index (χ1) is 4.47. The quantitative estimate of drug-likeness (QED) is 0.512. The summed E-state index contributed by atoms with van der Waals surface area (Å²) < 4.78 is 0. The molecule has 0 atom stereocenters. The van der Waals surface area contributed by atoms with Crippen LogP contribution in [0.5, 0.6) is 5.06 Å². The van der Waals surface area contributed by atoms with Crippen LogP contribution in [0.3, 0.4) is 0 Å². The van der Waals surface area contributed by atoms with E-state index in [1.165, 1.54) is 5.56 Å². The SMILES string of the molecule is c1cc2c(s1)OOCC2. The van der Waals surface area contributed by atoms with Gasteiger partial charge in [-0.05, 0) is 11.4 Å². The molecule has 2 rings (SSSR count). The van der Waals surface area contributed by atoms with Crippen LogP contribution in [0, 0.1) is 0 Å². The van der Waals surface area contributed by atoms with Crippen molar-refractivity contribution in [2.24, 2.45) is 0 Å². The van der Waals surface area contributed by atoms with E-state index in [4.69, 9.17) is 9.78 Å². The Morgan fingerprint density at radius 1 is 1.56 bits per heavy atom. The van der Waals surface area contributed by atoms with Crippen molar-refractivity contribution in [3.63, 3.8) is 0 Å². The van der Waals surface area contributed by atoms with E-state index < -0.39 is 0 Å². The Balaban J connectivity index is 2.39. The third-order valence-electron chi connectivity index (χ3n) is 1.30. The highest BCUT2D eigenvalue weighted by molar-refractivity contribution is 7.12. The van der Waals surface area contributed by atoms with Gasteiger partial charge in [-0.15, -0.1) is 11.3 Å². The predicted molar refractivity (Wildman–Crippen MR) is 34.6 cm³/mol. The first-order valence-corrected chi connectivity index (χ1v) is 3.70. The summed E-state index contributed by atoms with van der Waals surface area (Å²) in [6.07, 6.45) is 0.985. The molecule has 0 unspecified atom stereocenters. The molecule has 0 saturated heterocycles. The van der Waals surface area contributed by atoms with Crippen LogP contribution in [-0.2, 0) is 11.3 Å². The van der Waals surface area contributed by atoms with Gasteiger partial charge in [-0.2, -0.15) is 4.89 Å². The minimum Gasteiger partial charge on any atom is -0.326 e. The third-order valence-corrected chi connectivity index (χ3v) is 2.11. The van der Waals surface area contributed by atoms with Gasteiger partial charge in [0.2, 0.25) is 5.06 Å². The average Bonchev–Trinajstić information content (AvgIpc) is 2.33. The first kappa shape index (κ1) is 5.26. The van der Waals surface area contributed by atoms with Crippen LogP contribution in [0.25, 0.3) is 0 Å². The molecule has 0 radical (unpaired) electrons. The second kappa shape index (κ2) is 2.01. The van der Waals surface area contributed by atoms with Crippen molar-refractivity contribution in [2.45, 2.75) is 6.42 Å². The minimum atomic E-state index is 0.684. The molecule has 0 fully saturated rings. The molecule has 48 valence electrons. The average molecular weight is 142 g/mol. The molecule has 0 bridgehead atoms. The van der Waals surface area contributed by atoms with Crippen molar-refractivity contribution in [3.05, 3.63) is 17.0 Å². The third kappa shape index (κ3) is 0.821. The summed E-state index contributed by atoms with van der Waals surface area (Å²) >= 11 is 1.58. The van der Waals surface area contributed by atoms with Crippen molar-refractivity contribution >= 4 is 11.3 Å². The topological polar surface area (TPSA) is 18.5 Å². The molecule has 1 aromatic heterocycles. The van der Waals surface area contributed by atoms with Crippen LogP contribution in [0.2, 0.25) is 0 Å². The van der Waals surface area contributed by atoms with Crippen molar-refractivity contribution in [1.29, 1.82) is 0 Å². The zero-order chi connectivity index (χ0) is 6.10. The molecule has 1 aliphatic rings. The maximum Gasteiger partial charge on any atom is 0.222 e. The summed E-state index contributed by atoms with van der Waals surface area (Å²) in [5.74, 6) is 0. The molecule has 2 nitrogen and oxygen atoms in total. The Labute approximate surface area is 57.0 Å². The van der Waals surface area contributed by atoms with Gasteiger partial charge in [-0.1, -0.05) is 0 Å². The highest BCUT2D eigenvalue weighted by Gasteiger charge is 2.11. The normalized spacial score (nSPS) is 16.4. The first-order valence-electron chi connectivity index (χ1n) is 2.82. The number of fused-ring (bicyclic) bond motifs is 1. The van der Waals surface area contributed by atoms with Gasteiger partial charge in [0.25, 0.3) is 0 Å². The van der Waals surface area contributed by atoms with Gasteiger partial charge in [0.15, 0.2) is 0 Å². The minimum absolute atomic E-state index is 0.684. The van der Waals surface area contributed by atoms with E-state index in [0.29, 0.717) is 6.61 Å². The highest BCUT2D eigenvalue weighted by Crippen LogP contribution is 2.29. The van der Waals surface area contributed by atoms with Gasteiger partial charge in [0.05, 0.1) is 6.61 Å². The van der Waals surface area contributed by atoms with Crippen molar-refractivity contribution in [2.75, 3.05) is 6.61 Å². The molecule has 0 N–H and O–H groups in total. The van der Waals surface area contributed by atoms with Crippen LogP contribution in [-0.4, -0.2) is 6.61 Å². The Morgan fingerprint density at radius 3 is 3.44 bits per heavy atom. The van der Waals surface area contributed by atoms with Crippen LogP contribution >= 0.6 is 11.3 Å². The highest BCUT2D eigenvalue weighted by atomic mass is 32.1. The lowest BCUT2D eigenvalue weighted by molar-refractivity contribution is -0.211. The van der Waals surface area contributed by atoms with E-state index >= 15 is 0 Å². The molecule has 3 heteroatoms. The van der Waals surface area contributed by atoms with Gasteiger partial charge in [-0.25, -0.2) is 0 Å². The monoisotopic (exact) mass is 142 g/mol. The largest absolute Gasteiger partial charge is 0.326 e. The number of thiophene rings is 1. The van der Waals surface area contributed by atoms with Gasteiger partial charge in [0.1, 0.15) is 0 Å². The van der Waals surface area contributed by atoms with Gasteiger partial charge in [0, 0.05) is 12.0 Å². The summed E-state index contributed by atoms with van der Waals surface area (Å²) in [6, 6.07) is 2.07. The smallest absolute Gasteiger partial charge is 0.222 e. The lowest BCUT2D eigenvalue weighted by atomic mass is 10.2.